The van der Waals surface area contributed by atoms with Gasteiger partial charge in [-0.15, -0.1) is 0 Å². The van der Waals surface area contributed by atoms with Crippen molar-refractivity contribution in [2.24, 2.45) is 0 Å². The van der Waals surface area contributed by atoms with Crippen LogP contribution in [0, 0.1) is 11.3 Å². The second kappa shape index (κ2) is 4.48. The van der Waals surface area contributed by atoms with Crippen molar-refractivity contribution in [3.63, 3.8) is 0 Å². The van der Waals surface area contributed by atoms with E-state index in [0.717, 1.165) is 0 Å². The maximum Gasteiger partial charge on any atom is 0.174 e. The van der Waals surface area contributed by atoms with Crippen LogP contribution in [-0.4, -0.2) is 12.9 Å². The maximum atomic E-state index is 10.5. The van der Waals surface area contributed by atoms with E-state index < -0.39 is 0 Å². The number of hydrogen-bond acceptors (Lipinski definition) is 3. The fraction of sp³-hybridized carbons (Fsp3) is 0.111. The Morgan fingerprint density at radius 2 is 2.38 bits per heavy atom. The van der Waals surface area contributed by atoms with Crippen LogP contribution in [0.25, 0.3) is 0 Å². The quantitative estimate of drug-likeness (QED) is 0.694. The summed E-state index contributed by atoms with van der Waals surface area (Å²) in [4.78, 5) is 10.5. The molecule has 0 bridgehead atoms. The molecule has 0 unspecified atom stereocenters. The lowest BCUT2D eigenvalue weighted by molar-refractivity contribution is 0.112. The van der Waals surface area contributed by atoms with Crippen LogP contribution in [0.2, 0.25) is 5.02 Å². The van der Waals surface area contributed by atoms with Crippen LogP contribution in [0.3, 0.4) is 0 Å². The molecule has 0 heterocycles. The molecule has 0 aliphatic heterocycles. The molecule has 0 saturated carbocycles. The molecule has 13 heavy (non-hydrogen) atoms. The molecule has 0 radical (unpaired) electrons. The molecule has 1 aromatic rings. The number of aldehydes is 1. The number of carbonyl (C=O) groups excluding carboxylic acids is 1. The molecule has 4 heteroatoms. The number of carbonyl (C=O) groups is 1. The Morgan fingerprint density at radius 3 is 3.00 bits per heavy atom. The smallest absolute Gasteiger partial charge is 0.174 e. The Morgan fingerprint density at radius 1 is 1.62 bits per heavy atom. The monoisotopic (exact) mass is 195 g/mol. The van der Waals surface area contributed by atoms with E-state index in [1.54, 1.807) is 12.1 Å². The fourth-order valence-corrected chi connectivity index (χ4v) is 1.03. The summed E-state index contributed by atoms with van der Waals surface area (Å²) in [5, 5.41) is 8.72. The SMILES string of the molecule is N#CCOc1ccc(Cl)cc1C=O. The van der Waals surface area contributed by atoms with Gasteiger partial charge in [-0.25, -0.2) is 0 Å². The highest BCUT2D eigenvalue weighted by molar-refractivity contribution is 6.30. The van der Waals surface area contributed by atoms with Gasteiger partial charge in [0.2, 0.25) is 0 Å². The first-order valence-electron chi connectivity index (χ1n) is 3.52. The molecule has 0 aliphatic carbocycles. The topological polar surface area (TPSA) is 50.1 Å². The number of nitrogens with zero attached hydrogens (tertiary/aromatic N) is 1. The summed E-state index contributed by atoms with van der Waals surface area (Å²) in [6, 6.07) is 6.46. The molecule has 0 N–H and O–H groups in total. The molecule has 0 fully saturated rings. The van der Waals surface area contributed by atoms with Gasteiger partial charge in [0.25, 0.3) is 0 Å². The summed E-state index contributed by atoms with van der Waals surface area (Å²) in [5.41, 5.74) is 0.350. The second-order valence-corrected chi connectivity index (χ2v) is 2.68. The number of benzene rings is 1. The summed E-state index contributed by atoms with van der Waals surface area (Å²) >= 11 is 5.65. The highest BCUT2D eigenvalue weighted by Crippen LogP contribution is 2.20. The maximum absolute atomic E-state index is 10.5. The molecular weight excluding hydrogens is 190 g/mol. The van der Waals surface area contributed by atoms with Crippen LogP contribution < -0.4 is 4.74 Å². The Labute approximate surface area is 80.5 Å². The van der Waals surface area contributed by atoms with Gasteiger partial charge in [-0.2, -0.15) is 5.26 Å². The summed E-state index contributed by atoms with van der Waals surface area (Å²) in [6.45, 7) is -0.0809. The first-order chi connectivity index (χ1) is 6.27. The standard InChI is InChI=1S/C9H6ClNO2/c10-8-1-2-9(13-4-3-11)7(5-8)6-12/h1-2,5-6H,4H2. The van der Waals surface area contributed by atoms with Crippen LogP contribution in [0.4, 0.5) is 0 Å². The summed E-state index contributed by atoms with van der Waals surface area (Å²) < 4.78 is 4.98. The van der Waals surface area contributed by atoms with Gasteiger partial charge < -0.3 is 4.74 Å². The molecular formula is C9H6ClNO2. The third-order valence-electron chi connectivity index (χ3n) is 1.39. The van der Waals surface area contributed by atoms with Crippen LogP contribution in [0.15, 0.2) is 18.2 Å². The first-order valence-corrected chi connectivity index (χ1v) is 3.90. The lowest BCUT2D eigenvalue weighted by atomic mass is 10.2. The van der Waals surface area contributed by atoms with Gasteiger partial charge in [-0.1, -0.05) is 11.6 Å². The van der Waals surface area contributed by atoms with E-state index in [4.69, 9.17) is 21.6 Å². The number of halogens is 1. The van der Waals surface area contributed by atoms with Crippen molar-refractivity contribution in [1.29, 1.82) is 5.26 Å². The molecule has 0 amide bonds. The van der Waals surface area contributed by atoms with E-state index in [9.17, 15) is 4.79 Å². The first kappa shape index (κ1) is 9.56. The fourth-order valence-electron chi connectivity index (χ4n) is 0.853. The minimum atomic E-state index is -0.0809. The van der Waals surface area contributed by atoms with Crippen molar-refractivity contribution in [3.05, 3.63) is 28.8 Å². The normalized spacial score (nSPS) is 8.92. The van der Waals surface area contributed by atoms with Gasteiger partial charge in [-0.3, -0.25) is 4.79 Å². The van der Waals surface area contributed by atoms with Gasteiger partial charge in [0, 0.05) is 5.02 Å². The van der Waals surface area contributed by atoms with Gasteiger partial charge in [0.15, 0.2) is 12.9 Å². The van der Waals surface area contributed by atoms with Crippen molar-refractivity contribution in [2.75, 3.05) is 6.61 Å². The van der Waals surface area contributed by atoms with Crippen molar-refractivity contribution in [2.45, 2.75) is 0 Å². The average Bonchev–Trinajstić information content (AvgIpc) is 2.16. The van der Waals surface area contributed by atoms with Crippen LogP contribution >= 0.6 is 11.6 Å². The highest BCUT2D eigenvalue weighted by Gasteiger charge is 2.02. The molecule has 0 aromatic heterocycles. The van der Waals surface area contributed by atoms with Crippen LogP contribution in [0.5, 0.6) is 5.75 Å². The molecule has 0 saturated heterocycles. The zero-order valence-corrected chi connectivity index (χ0v) is 7.41. The van der Waals surface area contributed by atoms with Gasteiger partial charge in [0.05, 0.1) is 5.56 Å². The number of rotatable bonds is 3. The lowest BCUT2D eigenvalue weighted by Crippen LogP contribution is -1.96. The molecule has 3 nitrogen and oxygen atoms in total. The summed E-state index contributed by atoms with van der Waals surface area (Å²) in [7, 11) is 0. The minimum absolute atomic E-state index is 0.0809. The third kappa shape index (κ3) is 2.46. The second-order valence-electron chi connectivity index (χ2n) is 2.25. The predicted molar refractivity (Wildman–Crippen MR) is 47.9 cm³/mol. The van der Waals surface area contributed by atoms with E-state index in [-0.39, 0.29) is 6.61 Å². The van der Waals surface area contributed by atoms with Crippen molar-refractivity contribution < 1.29 is 9.53 Å². The Hall–Kier alpha value is -1.53. The molecule has 66 valence electrons. The zero-order valence-electron chi connectivity index (χ0n) is 6.66. The van der Waals surface area contributed by atoms with Crippen molar-refractivity contribution >= 4 is 17.9 Å². The van der Waals surface area contributed by atoms with Crippen molar-refractivity contribution in [1.82, 2.24) is 0 Å². The van der Waals surface area contributed by atoms with E-state index in [1.807, 2.05) is 6.07 Å². The third-order valence-corrected chi connectivity index (χ3v) is 1.63. The lowest BCUT2D eigenvalue weighted by Gasteiger charge is -2.03. The van der Waals surface area contributed by atoms with Crippen molar-refractivity contribution in [3.8, 4) is 11.8 Å². The summed E-state index contributed by atoms with van der Waals surface area (Å²) in [5.74, 6) is 0.376. The van der Waals surface area contributed by atoms with Gasteiger partial charge in [0.1, 0.15) is 11.8 Å². The summed E-state index contributed by atoms with van der Waals surface area (Å²) in [6.07, 6.45) is 0.637. The molecule has 0 spiro atoms. The highest BCUT2D eigenvalue weighted by atomic mass is 35.5. The minimum Gasteiger partial charge on any atom is -0.478 e. The zero-order chi connectivity index (χ0) is 9.68. The Balaban J connectivity index is 2.93. The average molecular weight is 196 g/mol. The molecule has 1 aromatic carbocycles. The molecule has 0 atom stereocenters. The van der Waals surface area contributed by atoms with E-state index in [1.165, 1.54) is 6.07 Å². The predicted octanol–water partition coefficient (Wildman–Crippen LogP) is 2.05. The van der Waals surface area contributed by atoms with E-state index in [0.29, 0.717) is 22.6 Å². The number of hydrogen-bond donors (Lipinski definition) is 0. The Kier molecular flexibility index (Phi) is 3.30. The van der Waals surface area contributed by atoms with Gasteiger partial charge >= 0.3 is 0 Å². The molecule has 0 aliphatic rings. The largest absolute Gasteiger partial charge is 0.478 e. The molecule has 1 rings (SSSR count). The van der Waals surface area contributed by atoms with Gasteiger partial charge in [-0.05, 0) is 18.2 Å². The van der Waals surface area contributed by atoms with E-state index >= 15 is 0 Å². The van der Waals surface area contributed by atoms with Crippen LogP contribution in [-0.2, 0) is 0 Å². The van der Waals surface area contributed by atoms with Crippen LogP contribution in [0.1, 0.15) is 10.4 Å². The Bertz CT molecular complexity index is 357. The number of nitriles is 1. The number of ether oxygens (including phenoxy) is 1. The van der Waals surface area contributed by atoms with E-state index in [2.05, 4.69) is 0 Å².